The molecule has 1 heterocycles. The molecule has 244 valence electrons. The molecule has 0 bridgehead atoms. The van der Waals surface area contributed by atoms with Gasteiger partial charge in [0.15, 0.2) is 29.2 Å². The molecule has 2 aromatic carbocycles. The molecule has 0 radical (unpaired) electrons. The third-order valence-electron chi connectivity index (χ3n) is 8.90. The van der Waals surface area contributed by atoms with E-state index in [0.717, 1.165) is 6.07 Å². The molecule has 0 unspecified atom stereocenters. The van der Waals surface area contributed by atoms with Crippen LogP contribution in [0, 0.1) is 0 Å². The average Bonchev–Trinajstić information content (AvgIpc) is 2.96. The summed E-state index contributed by atoms with van der Waals surface area (Å²) in [5.41, 5.74) is -3.49. The van der Waals surface area contributed by atoms with E-state index in [1.807, 2.05) is 0 Å². The molecule has 5 rings (SSSR count). The number of aromatic hydroxyl groups is 2. The summed E-state index contributed by atoms with van der Waals surface area (Å²) >= 11 is 0. The number of ketones is 3. The van der Waals surface area contributed by atoms with Crippen LogP contribution in [0.2, 0.25) is 0 Å². The second-order valence-corrected chi connectivity index (χ2v) is 12.2. The number of phenolic OH excluding ortho intramolecular Hbond substituents is 2. The van der Waals surface area contributed by atoms with E-state index in [2.05, 4.69) is 0 Å². The number of anilines is 2. The highest BCUT2D eigenvalue weighted by Crippen LogP contribution is 2.51. The monoisotopic (exact) mass is 630 g/mol. The molecular weight excluding hydrogens is 592 g/mol. The van der Waals surface area contributed by atoms with Crippen LogP contribution in [0.4, 0.5) is 11.4 Å². The minimum atomic E-state index is -2.26. The maximum absolute atomic E-state index is 14.2. The first-order valence-electron chi connectivity index (χ1n) is 14.2. The fraction of sp³-hybridized carbons (Fsp3) is 0.516. The normalized spacial score (nSPS) is 30.9. The Bertz CT molecular complexity index is 1590. The van der Waals surface area contributed by atoms with Gasteiger partial charge in [-0.3, -0.25) is 14.4 Å². The molecule has 2 aromatic rings. The highest BCUT2D eigenvalue weighted by Gasteiger charge is 2.56. The number of aliphatic hydroxyl groups is 3. The number of carbonyl (C=O) groups is 3. The van der Waals surface area contributed by atoms with Crippen LogP contribution in [0.25, 0.3) is 0 Å². The van der Waals surface area contributed by atoms with Crippen LogP contribution in [0.3, 0.4) is 0 Å². The van der Waals surface area contributed by atoms with Crippen molar-refractivity contribution < 1.29 is 58.9 Å². The molecule has 0 aromatic heterocycles. The molecule has 1 saturated heterocycles. The summed E-state index contributed by atoms with van der Waals surface area (Å²) in [7, 11) is 9.08. The van der Waals surface area contributed by atoms with Gasteiger partial charge in [-0.15, -0.1) is 0 Å². The fourth-order valence-electron chi connectivity index (χ4n) is 6.47. The van der Waals surface area contributed by atoms with Crippen molar-refractivity contribution in [1.82, 2.24) is 0 Å². The molecule has 1 fully saturated rings. The summed E-state index contributed by atoms with van der Waals surface area (Å²) in [6, 6.07) is 2.67. The Labute approximate surface area is 259 Å². The molecule has 3 aliphatic rings. The SMILES string of the molecule is CO[C@H]1[C@H](O[C@@H]2c3c(cc4c(c3O)C(=O)c3c(O)c(N(C)C)cc(N(C)C)c3C4=O)C(=O)[C@@](C)(O)[C@H]2OC)O[C@@H](C)[C@H](O)[C@H]1O. The molecule has 5 N–H and O–H groups in total. The summed E-state index contributed by atoms with van der Waals surface area (Å²) in [5.74, 6) is -3.78. The lowest BCUT2D eigenvalue weighted by molar-refractivity contribution is -0.321. The van der Waals surface area contributed by atoms with Crippen molar-refractivity contribution in [2.45, 2.75) is 62.4 Å². The number of methoxy groups -OCH3 is 2. The lowest BCUT2D eigenvalue weighted by Gasteiger charge is -2.46. The van der Waals surface area contributed by atoms with E-state index in [1.165, 1.54) is 28.1 Å². The standard InChI is InChI=1S/C31H38N2O12/c1-11-20(34)25(39)27(42-7)30(44-11)45-26-17-13(28(40)31(2,41)29(26)43-8)9-12-16(23(17)37)24(38)19-18(21(12)35)14(32(3)4)10-15(22(19)36)33(5)6/h9-11,20,25-27,29-30,34,36-37,39,41H,1-8H3/t11-,20-,25+,26+,27+,29-,30-,31+/m0/s1. The van der Waals surface area contributed by atoms with Crippen molar-refractivity contribution >= 4 is 28.7 Å². The Kier molecular flexibility index (Phi) is 8.23. The predicted octanol–water partition coefficient (Wildman–Crippen LogP) is 0.507. The van der Waals surface area contributed by atoms with Gasteiger partial charge in [-0.25, -0.2) is 0 Å². The second kappa shape index (κ2) is 11.3. The van der Waals surface area contributed by atoms with Crippen molar-refractivity contribution in [3.05, 3.63) is 45.5 Å². The number of aliphatic hydroxyl groups excluding tert-OH is 2. The average molecular weight is 631 g/mol. The predicted molar refractivity (Wildman–Crippen MR) is 158 cm³/mol. The van der Waals surface area contributed by atoms with Crippen LogP contribution in [0.15, 0.2) is 12.1 Å². The summed E-state index contributed by atoms with van der Waals surface area (Å²) in [6.45, 7) is 2.67. The van der Waals surface area contributed by atoms with Crippen LogP contribution in [-0.2, 0) is 18.9 Å². The van der Waals surface area contributed by atoms with Gasteiger partial charge < -0.3 is 54.3 Å². The van der Waals surface area contributed by atoms with E-state index in [9.17, 15) is 39.9 Å². The highest BCUT2D eigenvalue weighted by atomic mass is 16.7. The Hall–Kier alpha value is -3.63. The Morgan fingerprint density at radius 3 is 2.00 bits per heavy atom. The maximum atomic E-state index is 14.2. The van der Waals surface area contributed by atoms with E-state index < -0.39 is 82.9 Å². The fourth-order valence-corrected chi connectivity index (χ4v) is 6.47. The Balaban J connectivity index is 1.76. The van der Waals surface area contributed by atoms with E-state index in [4.69, 9.17) is 18.9 Å². The molecular formula is C31H38N2O12. The topological polar surface area (TPSA) is 196 Å². The lowest BCUT2D eigenvalue weighted by Crippen LogP contribution is -2.60. The molecule has 14 heteroatoms. The number of benzene rings is 2. The zero-order valence-electron chi connectivity index (χ0n) is 26.2. The van der Waals surface area contributed by atoms with Crippen LogP contribution < -0.4 is 9.80 Å². The Morgan fingerprint density at radius 1 is 0.822 bits per heavy atom. The van der Waals surface area contributed by atoms with Gasteiger partial charge in [-0.1, -0.05) is 0 Å². The summed E-state index contributed by atoms with van der Waals surface area (Å²) < 4.78 is 22.8. The minimum Gasteiger partial charge on any atom is -0.507 e. The van der Waals surface area contributed by atoms with Gasteiger partial charge in [0.1, 0.15) is 36.3 Å². The van der Waals surface area contributed by atoms with Crippen molar-refractivity contribution in [3.8, 4) is 11.5 Å². The molecule has 0 amide bonds. The largest absolute Gasteiger partial charge is 0.507 e. The van der Waals surface area contributed by atoms with Crippen molar-refractivity contribution in [3.63, 3.8) is 0 Å². The van der Waals surface area contributed by atoms with Gasteiger partial charge >= 0.3 is 0 Å². The molecule has 0 spiro atoms. The number of phenols is 2. The number of hydrogen-bond donors (Lipinski definition) is 5. The number of fused-ring (bicyclic) bond motifs is 3. The number of nitrogens with zero attached hydrogens (tertiary/aromatic N) is 2. The third kappa shape index (κ3) is 4.71. The number of ether oxygens (including phenoxy) is 4. The molecule has 0 saturated carbocycles. The number of Topliss-reactive ketones (excluding diaryl/α,β-unsaturated/α-hetero) is 1. The van der Waals surface area contributed by atoms with E-state index in [-0.39, 0.29) is 33.5 Å². The Morgan fingerprint density at radius 2 is 1.44 bits per heavy atom. The zero-order valence-corrected chi connectivity index (χ0v) is 26.2. The van der Waals surface area contributed by atoms with Gasteiger partial charge in [-0.2, -0.15) is 0 Å². The number of rotatable bonds is 6. The van der Waals surface area contributed by atoms with Crippen molar-refractivity contribution in [1.29, 1.82) is 0 Å². The zero-order chi connectivity index (χ0) is 33.4. The van der Waals surface area contributed by atoms with E-state index in [1.54, 1.807) is 44.1 Å². The van der Waals surface area contributed by atoms with Crippen LogP contribution in [0.1, 0.15) is 67.7 Å². The first-order valence-corrected chi connectivity index (χ1v) is 14.2. The number of carbonyl (C=O) groups excluding carboxylic acids is 3. The highest BCUT2D eigenvalue weighted by molar-refractivity contribution is 6.33. The van der Waals surface area contributed by atoms with E-state index >= 15 is 0 Å². The van der Waals surface area contributed by atoms with E-state index in [0.29, 0.717) is 5.69 Å². The third-order valence-corrected chi connectivity index (χ3v) is 8.90. The lowest BCUT2D eigenvalue weighted by atomic mass is 9.72. The molecule has 45 heavy (non-hydrogen) atoms. The minimum absolute atomic E-state index is 0.113. The summed E-state index contributed by atoms with van der Waals surface area (Å²) in [6.07, 6.45) is -9.39. The van der Waals surface area contributed by atoms with Gasteiger partial charge in [0.05, 0.1) is 34.2 Å². The van der Waals surface area contributed by atoms with Gasteiger partial charge in [0, 0.05) is 59.1 Å². The van der Waals surface area contributed by atoms with Crippen LogP contribution >= 0.6 is 0 Å². The smallest absolute Gasteiger partial charge is 0.202 e. The maximum Gasteiger partial charge on any atom is 0.202 e. The van der Waals surface area contributed by atoms with Crippen LogP contribution in [-0.4, -0.2) is 128 Å². The quantitative estimate of drug-likeness (QED) is 0.253. The molecule has 1 aliphatic heterocycles. The number of hydrogen-bond acceptors (Lipinski definition) is 14. The second-order valence-electron chi connectivity index (χ2n) is 12.2. The first kappa shape index (κ1) is 32.8. The van der Waals surface area contributed by atoms with Gasteiger partial charge in [-0.05, 0) is 26.0 Å². The molecule has 8 atom stereocenters. The molecule has 14 nitrogen and oxygen atoms in total. The van der Waals surface area contributed by atoms with Crippen molar-refractivity contribution in [2.75, 3.05) is 52.2 Å². The molecule has 2 aliphatic carbocycles. The van der Waals surface area contributed by atoms with Crippen molar-refractivity contribution in [2.24, 2.45) is 0 Å². The van der Waals surface area contributed by atoms with Gasteiger partial charge in [0.25, 0.3) is 0 Å². The summed E-state index contributed by atoms with van der Waals surface area (Å²) in [5, 5.41) is 55.4. The first-order chi connectivity index (χ1) is 21.0. The van der Waals surface area contributed by atoms with Crippen LogP contribution in [0.5, 0.6) is 11.5 Å². The summed E-state index contributed by atoms with van der Waals surface area (Å²) in [4.78, 5) is 45.2. The van der Waals surface area contributed by atoms with Gasteiger partial charge in [0.2, 0.25) is 5.78 Å².